The highest BCUT2D eigenvalue weighted by Crippen LogP contribution is 2.31. The van der Waals surface area contributed by atoms with Crippen LogP contribution in [0, 0.1) is 13.8 Å². The van der Waals surface area contributed by atoms with Crippen molar-refractivity contribution in [2.24, 2.45) is 0 Å². The second-order valence-corrected chi connectivity index (χ2v) is 6.06. The average molecular weight is 316 g/mol. The molecule has 0 saturated heterocycles. The maximum atomic E-state index is 4.47. The third-order valence-corrected chi connectivity index (χ3v) is 4.33. The molecule has 0 amide bonds. The topological polar surface area (TPSA) is 42.7 Å². The lowest BCUT2D eigenvalue weighted by atomic mass is 10.1. The van der Waals surface area contributed by atoms with E-state index >= 15 is 0 Å². The van der Waals surface area contributed by atoms with Gasteiger partial charge in [0, 0.05) is 45.8 Å². The minimum Gasteiger partial charge on any atom is -0.341 e. The number of nitrogens with zero attached hydrogens (tertiary/aromatic N) is 3. The van der Waals surface area contributed by atoms with Gasteiger partial charge in [-0.15, -0.1) is 0 Å². The number of nitrogens with one attached hydrogen (secondary N) is 1. The normalized spacial score (nSPS) is 11.3. The second-order valence-electron chi connectivity index (χ2n) is 6.06. The first-order valence-corrected chi connectivity index (χ1v) is 8.26. The summed E-state index contributed by atoms with van der Waals surface area (Å²) in [5.41, 5.74) is 4.55. The molecule has 2 aromatic carbocycles. The van der Waals surface area contributed by atoms with E-state index in [0.717, 1.165) is 29.6 Å². The highest BCUT2D eigenvalue weighted by Gasteiger charge is 2.10. The number of anilines is 2. The summed E-state index contributed by atoms with van der Waals surface area (Å²) in [6.45, 7) is 7.04. The number of rotatable bonds is 3. The van der Waals surface area contributed by atoms with Crippen LogP contribution < -0.4 is 5.32 Å². The fourth-order valence-electron chi connectivity index (χ4n) is 3.40. The van der Waals surface area contributed by atoms with Gasteiger partial charge in [0.15, 0.2) is 0 Å². The molecule has 4 rings (SSSR count). The molecule has 2 heterocycles. The molecule has 0 aliphatic rings. The third-order valence-electron chi connectivity index (χ3n) is 4.33. The number of hydrogen-bond donors (Lipinski definition) is 1. The predicted molar refractivity (Wildman–Crippen MR) is 99.9 cm³/mol. The molecule has 0 aliphatic carbocycles. The Morgan fingerprint density at radius 1 is 0.917 bits per heavy atom. The van der Waals surface area contributed by atoms with Crippen molar-refractivity contribution >= 4 is 33.3 Å². The number of benzene rings is 2. The molecule has 2 aromatic heterocycles. The highest BCUT2D eigenvalue weighted by atomic mass is 15.0. The molecule has 0 unspecified atom stereocenters. The molecule has 24 heavy (non-hydrogen) atoms. The van der Waals surface area contributed by atoms with Crippen LogP contribution in [0.1, 0.15) is 18.4 Å². The Labute approximate surface area is 141 Å². The van der Waals surface area contributed by atoms with Crippen molar-refractivity contribution in [2.75, 3.05) is 5.32 Å². The number of aryl methyl sites for hydroxylation is 3. The molecular weight excluding hydrogens is 296 g/mol. The maximum absolute atomic E-state index is 4.47. The van der Waals surface area contributed by atoms with E-state index in [9.17, 15) is 0 Å². The lowest BCUT2D eigenvalue weighted by Gasteiger charge is -2.08. The average Bonchev–Trinajstić information content (AvgIpc) is 2.87. The van der Waals surface area contributed by atoms with Crippen LogP contribution in [0.5, 0.6) is 0 Å². The molecule has 4 aromatic rings. The van der Waals surface area contributed by atoms with Gasteiger partial charge in [-0.1, -0.05) is 18.2 Å². The van der Waals surface area contributed by atoms with Gasteiger partial charge in [-0.25, -0.2) is 9.97 Å². The maximum Gasteiger partial charge on any atom is 0.134 e. The van der Waals surface area contributed by atoms with Gasteiger partial charge in [-0.05, 0) is 45.0 Å². The zero-order valence-electron chi connectivity index (χ0n) is 14.2. The zero-order valence-corrected chi connectivity index (χ0v) is 14.2. The van der Waals surface area contributed by atoms with Crippen LogP contribution in [-0.4, -0.2) is 14.5 Å². The smallest absolute Gasteiger partial charge is 0.134 e. The van der Waals surface area contributed by atoms with E-state index in [1.54, 1.807) is 0 Å². The first-order chi connectivity index (χ1) is 11.7. The lowest BCUT2D eigenvalue weighted by Crippen LogP contribution is -1.98. The summed E-state index contributed by atoms with van der Waals surface area (Å²) >= 11 is 0. The Bertz CT molecular complexity index is 1030. The van der Waals surface area contributed by atoms with Crippen LogP contribution in [-0.2, 0) is 6.54 Å². The van der Waals surface area contributed by atoms with Crippen LogP contribution in [0.15, 0.2) is 48.5 Å². The monoisotopic (exact) mass is 316 g/mol. The van der Waals surface area contributed by atoms with Gasteiger partial charge in [0.1, 0.15) is 11.6 Å². The first-order valence-electron chi connectivity index (χ1n) is 8.26. The van der Waals surface area contributed by atoms with Gasteiger partial charge in [0.05, 0.1) is 0 Å². The standard InChI is InChI=1S/C20H20N4/c1-4-24-18-8-6-5-7-16(18)17-12-15(9-10-19(17)24)23-20-11-13(2)21-14(3)22-20/h5-12H,4H2,1-3H3,(H,21,22,23). The molecule has 4 nitrogen and oxygen atoms in total. The minimum absolute atomic E-state index is 0.779. The quantitative estimate of drug-likeness (QED) is 0.580. The predicted octanol–water partition coefficient (Wildman–Crippen LogP) is 4.96. The van der Waals surface area contributed by atoms with E-state index in [1.165, 1.54) is 21.8 Å². The summed E-state index contributed by atoms with van der Waals surface area (Å²) in [6, 6.07) is 17.0. The van der Waals surface area contributed by atoms with Gasteiger partial charge in [-0.2, -0.15) is 0 Å². The van der Waals surface area contributed by atoms with Crippen LogP contribution in [0.4, 0.5) is 11.5 Å². The van der Waals surface area contributed by atoms with Crippen molar-refractivity contribution in [3.8, 4) is 0 Å². The van der Waals surface area contributed by atoms with E-state index < -0.39 is 0 Å². The van der Waals surface area contributed by atoms with Crippen molar-refractivity contribution in [1.29, 1.82) is 0 Å². The number of fused-ring (bicyclic) bond motifs is 3. The number of hydrogen-bond acceptors (Lipinski definition) is 3. The summed E-state index contributed by atoms with van der Waals surface area (Å²) in [5.74, 6) is 1.61. The van der Waals surface area contributed by atoms with Crippen LogP contribution in [0.25, 0.3) is 21.8 Å². The molecule has 120 valence electrons. The summed E-state index contributed by atoms with van der Waals surface area (Å²) in [5, 5.41) is 5.96. The van der Waals surface area contributed by atoms with Gasteiger partial charge >= 0.3 is 0 Å². The van der Waals surface area contributed by atoms with Crippen molar-refractivity contribution in [3.05, 3.63) is 60.0 Å². The summed E-state index contributed by atoms with van der Waals surface area (Å²) in [7, 11) is 0. The van der Waals surface area contributed by atoms with E-state index in [1.807, 2.05) is 19.9 Å². The van der Waals surface area contributed by atoms with Gasteiger partial charge < -0.3 is 9.88 Å². The molecule has 0 spiro atoms. The largest absolute Gasteiger partial charge is 0.341 e. The first kappa shape index (κ1) is 14.7. The fourth-order valence-corrected chi connectivity index (χ4v) is 3.40. The van der Waals surface area contributed by atoms with Crippen molar-refractivity contribution in [1.82, 2.24) is 14.5 Å². The van der Waals surface area contributed by atoms with Gasteiger partial charge in [0.25, 0.3) is 0 Å². The van der Waals surface area contributed by atoms with Crippen molar-refractivity contribution in [3.63, 3.8) is 0 Å². The summed E-state index contributed by atoms with van der Waals surface area (Å²) < 4.78 is 2.35. The van der Waals surface area contributed by atoms with Gasteiger partial charge in [-0.3, -0.25) is 0 Å². The Balaban J connectivity index is 1.85. The molecule has 0 radical (unpaired) electrons. The summed E-state index contributed by atoms with van der Waals surface area (Å²) in [4.78, 5) is 8.79. The van der Waals surface area contributed by atoms with E-state index in [2.05, 4.69) is 69.2 Å². The van der Waals surface area contributed by atoms with Crippen molar-refractivity contribution < 1.29 is 0 Å². The third kappa shape index (κ3) is 2.40. The number of para-hydroxylation sites is 1. The van der Waals surface area contributed by atoms with Crippen molar-refractivity contribution in [2.45, 2.75) is 27.3 Å². The highest BCUT2D eigenvalue weighted by molar-refractivity contribution is 6.09. The molecule has 0 saturated carbocycles. The molecule has 1 N–H and O–H groups in total. The van der Waals surface area contributed by atoms with E-state index in [0.29, 0.717) is 0 Å². The zero-order chi connectivity index (χ0) is 16.7. The van der Waals surface area contributed by atoms with Gasteiger partial charge in [0.2, 0.25) is 0 Å². The molecule has 0 bridgehead atoms. The molecular formula is C20H20N4. The van der Waals surface area contributed by atoms with Crippen LogP contribution >= 0.6 is 0 Å². The Morgan fingerprint density at radius 2 is 1.71 bits per heavy atom. The minimum atomic E-state index is 0.779. The Kier molecular flexibility index (Phi) is 3.45. The van der Waals surface area contributed by atoms with Crippen LogP contribution in [0.2, 0.25) is 0 Å². The molecule has 0 atom stereocenters. The Morgan fingerprint density at radius 3 is 2.50 bits per heavy atom. The Hall–Kier alpha value is -2.88. The number of aromatic nitrogens is 3. The molecule has 4 heteroatoms. The SMILES string of the molecule is CCn1c2ccccc2c2cc(Nc3cc(C)nc(C)n3)ccc21. The van der Waals surface area contributed by atoms with E-state index in [4.69, 9.17) is 0 Å². The second kappa shape index (κ2) is 5.64. The molecule has 0 fully saturated rings. The summed E-state index contributed by atoms with van der Waals surface area (Å²) in [6.07, 6.45) is 0. The van der Waals surface area contributed by atoms with Crippen LogP contribution in [0.3, 0.4) is 0 Å². The fraction of sp³-hybridized carbons (Fsp3) is 0.200. The van der Waals surface area contributed by atoms with E-state index in [-0.39, 0.29) is 0 Å². The molecule has 0 aliphatic heterocycles. The lowest BCUT2D eigenvalue weighted by molar-refractivity contribution is 0.827.